The number of carbonyl (C=O) groups is 1. The van der Waals surface area contributed by atoms with E-state index in [0.29, 0.717) is 5.56 Å². The fourth-order valence-electron chi connectivity index (χ4n) is 3.40. The lowest BCUT2D eigenvalue weighted by Gasteiger charge is -2.26. The zero-order chi connectivity index (χ0) is 18.8. The summed E-state index contributed by atoms with van der Waals surface area (Å²) in [4.78, 5) is 24.4. The Morgan fingerprint density at radius 3 is 2.81 bits per heavy atom. The van der Waals surface area contributed by atoms with Crippen LogP contribution in [0.3, 0.4) is 0 Å². The summed E-state index contributed by atoms with van der Waals surface area (Å²) >= 11 is 0. The molecule has 0 fully saturated rings. The minimum Gasteiger partial charge on any atom is -0.388 e. The molecule has 3 aromatic rings. The summed E-state index contributed by atoms with van der Waals surface area (Å²) in [5.74, 6) is -1.38. The Morgan fingerprint density at radius 2 is 2.00 bits per heavy atom. The summed E-state index contributed by atoms with van der Waals surface area (Å²) in [6.45, 7) is -0.234. The average Bonchev–Trinajstić information content (AvgIpc) is 3.03. The van der Waals surface area contributed by atoms with E-state index in [-0.39, 0.29) is 24.4 Å². The van der Waals surface area contributed by atoms with Crippen molar-refractivity contribution in [3.63, 3.8) is 0 Å². The highest BCUT2D eigenvalue weighted by molar-refractivity contribution is 5.76. The van der Waals surface area contributed by atoms with E-state index in [1.165, 1.54) is 29.8 Å². The Labute approximate surface area is 154 Å². The van der Waals surface area contributed by atoms with E-state index in [2.05, 4.69) is 16.5 Å². The second-order valence-corrected chi connectivity index (χ2v) is 6.55. The molecule has 1 aliphatic carbocycles. The highest BCUT2D eigenvalue weighted by Gasteiger charge is 2.22. The van der Waals surface area contributed by atoms with Crippen molar-refractivity contribution in [1.82, 2.24) is 15.1 Å². The summed E-state index contributed by atoms with van der Waals surface area (Å²) in [5.41, 5.74) is 2.83. The Morgan fingerprint density at radius 1 is 1.22 bits per heavy atom. The third-order valence-corrected chi connectivity index (χ3v) is 4.70. The molecule has 7 heteroatoms. The Hall–Kier alpha value is -3.22. The van der Waals surface area contributed by atoms with Gasteiger partial charge in [-0.25, -0.2) is 9.18 Å². The second-order valence-electron chi connectivity index (χ2n) is 6.55. The molecule has 6 nitrogen and oxygen atoms in total. The predicted octanol–water partition coefficient (Wildman–Crippen LogP) is 2.84. The maximum Gasteiger partial charge on any atom is 0.437 e. The third-order valence-electron chi connectivity index (χ3n) is 4.70. The number of hydrogen-bond donors (Lipinski definition) is 1. The molecule has 0 radical (unpaired) electrons. The van der Waals surface area contributed by atoms with E-state index in [1.54, 1.807) is 0 Å². The van der Waals surface area contributed by atoms with E-state index in [9.17, 15) is 14.0 Å². The molecule has 1 amide bonds. The zero-order valence-electron chi connectivity index (χ0n) is 14.5. The van der Waals surface area contributed by atoms with Gasteiger partial charge in [-0.3, -0.25) is 4.79 Å². The van der Waals surface area contributed by atoms with Gasteiger partial charge in [-0.2, -0.15) is 4.68 Å². The Balaban J connectivity index is 1.48. The van der Waals surface area contributed by atoms with Crippen LogP contribution in [0.15, 0.2) is 57.7 Å². The fraction of sp³-hybridized carbons (Fsp3) is 0.250. The lowest BCUT2D eigenvalue weighted by atomic mass is 9.88. The zero-order valence-corrected chi connectivity index (χ0v) is 14.5. The third kappa shape index (κ3) is 3.67. The smallest absolute Gasteiger partial charge is 0.388 e. The molecule has 4 rings (SSSR count). The van der Waals surface area contributed by atoms with Crippen molar-refractivity contribution < 1.29 is 13.6 Å². The number of nitrogens with zero attached hydrogens (tertiary/aromatic N) is 2. The predicted molar refractivity (Wildman–Crippen MR) is 96.4 cm³/mol. The quantitative estimate of drug-likeness (QED) is 0.769. The standard InChI is InChI=1S/C20H18FN3O3/c21-15-10-8-14(9-11-15)19-23-24(20(26)27-19)12-18(25)22-17-7-3-5-13-4-1-2-6-16(13)17/h1-2,4,6,8-11,17H,3,5,7,12H2,(H,22,25)/t17-/m0/s1. The highest BCUT2D eigenvalue weighted by Crippen LogP contribution is 2.29. The van der Waals surface area contributed by atoms with Crippen LogP contribution in [0.25, 0.3) is 11.5 Å². The van der Waals surface area contributed by atoms with Gasteiger partial charge >= 0.3 is 5.76 Å². The minimum atomic E-state index is -0.728. The first-order valence-corrected chi connectivity index (χ1v) is 8.81. The highest BCUT2D eigenvalue weighted by atomic mass is 19.1. The van der Waals surface area contributed by atoms with Crippen molar-refractivity contribution in [2.45, 2.75) is 31.8 Å². The molecule has 1 N–H and O–H groups in total. The SMILES string of the molecule is O=C(Cn1nc(-c2ccc(F)cc2)oc1=O)N[C@H]1CCCc2ccccc21. The summed E-state index contributed by atoms with van der Waals surface area (Å²) in [6, 6.07) is 13.4. The number of amides is 1. The van der Waals surface area contributed by atoms with Crippen LogP contribution in [-0.2, 0) is 17.8 Å². The second kappa shape index (κ2) is 7.19. The normalized spacial score (nSPS) is 16.0. The summed E-state index contributed by atoms with van der Waals surface area (Å²) in [6.07, 6.45) is 2.87. The minimum absolute atomic E-state index is 0.0517. The van der Waals surface area contributed by atoms with Gasteiger partial charge in [-0.15, -0.1) is 5.10 Å². The van der Waals surface area contributed by atoms with Crippen LogP contribution in [0.1, 0.15) is 30.0 Å². The maximum atomic E-state index is 13.0. The average molecular weight is 367 g/mol. The first-order chi connectivity index (χ1) is 13.1. The molecule has 1 aromatic heterocycles. The van der Waals surface area contributed by atoms with E-state index in [4.69, 9.17) is 4.42 Å². The van der Waals surface area contributed by atoms with Crippen LogP contribution in [0.5, 0.6) is 0 Å². The number of rotatable bonds is 4. The molecule has 27 heavy (non-hydrogen) atoms. The van der Waals surface area contributed by atoms with Crippen molar-refractivity contribution in [3.05, 3.63) is 76.0 Å². The molecule has 138 valence electrons. The molecule has 1 heterocycles. The number of benzene rings is 2. The molecular formula is C20H18FN3O3. The number of fused-ring (bicyclic) bond motifs is 1. The lowest BCUT2D eigenvalue weighted by molar-refractivity contribution is -0.122. The number of carbonyl (C=O) groups excluding carboxylic acids is 1. The van der Waals surface area contributed by atoms with Crippen molar-refractivity contribution in [1.29, 1.82) is 0 Å². The van der Waals surface area contributed by atoms with Crippen molar-refractivity contribution >= 4 is 5.91 Å². The van der Waals surface area contributed by atoms with Crippen LogP contribution in [0, 0.1) is 5.82 Å². The number of aryl methyl sites for hydroxylation is 1. The molecule has 1 atom stereocenters. The topological polar surface area (TPSA) is 77.1 Å². The monoisotopic (exact) mass is 367 g/mol. The molecule has 0 unspecified atom stereocenters. The summed E-state index contributed by atoms with van der Waals surface area (Å²) in [7, 11) is 0. The molecular weight excluding hydrogens is 349 g/mol. The Bertz CT molecular complexity index is 1020. The van der Waals surface area contributed by atoms with Gasteiger partial charge in [0.1, 0.15) is 12.4 Å². The number of nitrogens with one attached hydrogen (secondary N) is 1. The maximum absolute atomic E-state index is 13.0. The molecule has 0 aliphatic heterocycles. The van der Waals surface area contributed by atoms with Gasteiger partial charge in [0, 0.05) is 5.56 Å². The number of hydrogen-bond acceptors (Lipinski definition) is 4. The van der Waals surface area contributed by atoms with Gasteiger partial charge in [0.2, 0.25) is 11.8 Å². The van der Waals surface area contributed by atoms with E-state index < -0.39 is 11.6 Å². The van der Waals surface area contributed by atoms with Gasteiger partial charge < -0.3 is 9.73 Å². The van der Waals surface area contributed by atoms with Gasteiger partial charge in [0.15, 0.2) is 0 Å². The van der Waals surface area contributed by atoms with Crippen molar-refractivity contribution in [2.24, 2.45) is 0 Å². The van der Waals surface area contributed by atoms with Gasteiger partial charge in [-0.05, 0) is 54.7 Å². The number of halogens is 1. The van der Waals surface area contributed by atoms with Crippen molar-refractivity contribution in [3.8, 4) is 11.5 Å². The fourth-order valence-corrected chi connectivity index (χ4v) is 3.40. The lowest BCUT2D eigenvalue weighted by Crippen LogP contribution is -2.35. The van der Waals surface area contributed by atoms with Gasteiger partial charge in [0.25, 0.3) is 0 Å². The molecule has 1 aliphatic rings. The first-order valence-electron chi connectivity index (χ1n) is 8.81. The van der Waals surface area contributed by atoms with Crippen LogP contribution in [-0.4, -0.2) is 15.7 Å². The summed E-state index contributed by atoms with van der Waals surface area (Å²) in [5, 5.41) is 7.02. The largest absolute Gasteiger partial charge is 0.437 e. The van der Waals surface area contributed by atoms with E-state index >= 15 is 0 Å². The molecule has 0 spiro atoms. The molecule has 0 saturated heterocycles. The first kappa shape index (κ1) is 17.2. The van der Waals surface area contributed by atoms with Crippen molar-refractivity contribution in [2.75, 3.05) is 0 Å². The van der Waals surface area contributed by atoms with Crippen LogP contribution < -0.4 is 11.1 Å². The molecule has 0 saturated carbocycles. The van der Waals surface area contributed by atoms with Crippen LogP contribution >= 0.6 is 0 Å². The van der Waals surface area contributed by atoms with Gasteiger partial charge in [0.05, 0.1) is 6.04 Å². The Kier molecular flexibility index (Phi) is 4.58. The van der Waals surface area contributed by atoms with Gasteiger partial charge in [-0.1, -0.05) is 24.3 Å². The van der Waals surface area contributed by atoms with E-state index in [0.717, 1.165) is 29.5 Å². The molecule has 2 aromatic carbocycles. The van der Waals surface area contributed by atoms with Crippen LogP contribution in [0.2, 0.25) is 0 Å². The molecule has 0 bridgehead atoms. The number of aromatic nitrogens is 2. The van der Waals surface area contributed by atoms with Crippen LogP contribution in [0.4, 0.5) is 4.39 Å². The summed E-state index contributed by atoms with van der Waals surface area (Å²) < 4.78 is 19.1. The van der Waals surface area contributed by atoms with E-state index in [1.807, 2.05) is 18.2 Å².